The van der Waals surface area contributed by atoms with Crippen LogP contribution in [0.15, 0.2) is 18.2 Å². The highest BCUT2D eigenvalue weighted by molar-refractivity contribution is 5.43. The molecule has 3 heteroatoms. The van der Waals surface area contributed by atoms with Gasteiger partial charge < -0.3 is 10.5 Å². The SMILES string of the molecule is COc1cccc(F)c1C1(N)CC1. The summed E-state index contributed by atoms with van der Waals surface area (Å²) < 4.78 is 18.5. The normalized spacial score (nSPS) is 18.4. The summed E-state index contributed by atoms with van der Waals surface area (Å²) in [5.41, 5.74) is 5.98. The molecule has 0 atom stereocenters. The van der Waals surface area contributed by atoms with Gasteiger partial charge in [-0.25, -0.2) is 4.39 Å². The Morgan fingerprint density at radius 3 is 2.69 bits per heavy atom. The molecule has 1 aromatic carbocycles. The maximum atomic E-state index is 13.4. The number of hydrogen-bond donors (Lipinski definition) is 1. The molecular formula is C10H12FNO. The van der Waals surface area contributed by atoms with Crippen LogP contribution in [0.1, 0.15) is 18.4 Å². The van der Waals surface area contributed by atoms with Crippen molar-refractivity contribution in [3.05, 3.63) is 29.6 Å². The lowest BCUT2D eigenvalue weighted by Gasteiger charge is -2.14. The second-order valence-electron chi connectivity index (χ2n) is 3.47. The quantitative estimate of drug-likeness (QED) is 0.754. The van der Waals surface area contributed by atoms with Crippen molar-refractivity contribution in [2.75, 3.05) is 7.11 Å². The van der Waals surface area contributed by atoms with Crippen LogP contribution < -0.4 is 10.5 Å². The Morgan fingerprint density at radius 2 is 2.15 bits per heavy atom. The van der Waals surface area contributed by atoms with Crippen LogP contribution in [0.2, 0.25) is 0 Å². The summed E-state index contributed by atoms with van der Waals surface area (Å²) in [4.78, 5) is 0. The molecule has 0 heterocycles. The highest BCUT2D eigenvalue weighted by Gasteiger charge is 2.44. The minimum atomic E-state index is -0.476. The Bertz CT molecular complexity index is 334. The smallest absolute Gasteiger partial charge is 0.131 e. The van der Waals surface area contributed by atoms with E-state index in [9.17, 15) is 4.39 Å². The van der Waals surface area contributed by atoms with E-state index in [0.717, 1.165) is 12.8 Å². The lowest BCUT2D eigenvalue weighted by molar-refractivity contribution is 0.397. The minimum absolute atomic E-state index is 0.264. The van der Waals surface area contributed by atoms with Gasteiger partial charge in [-0.2, -0.15) is 0 Å². The fourth-order valence-corrected chi connectivity index (χ4v) is 1.54. The molecule has 0 unspecified atom stereocenters. The maximum absolute atomic E-state index is 13.4. The lowest BCUT2D eigenvalue weighted by Crippen LogP contribution is -2.21. The number of ether oxygens (including phenoxy) is 1. The molecule has 0 aromatic heterocycles. The molecule has 0 aliphatic heterocycles. The summed E-state index contributed by atoms with van der Waals surface area (Å²) >= 11 is 0. The van der Waals surface area contributed by atoms with Crippen LogP contribution in [-0.2, 0) is 5.54 Å². The Morgan fingerprint density at radius 1 is 1.46 bits per heavy atom. The minimum Gasteiger partial charge on any atom is -0.496 e. The van der Waals surface area contributed by atoms with Gasteiger partial charge in [-0.3, -0.25) is 0 Å². The van der Waals surface area contributed by atoms with Gasteiger partial charge in [0.25, 0.3) is 0 Å². The zero-order valence-electron chi connectivity index (χ0n) is 7.51. The lowest BCUT2D eigenvalue weighted by atomic mass is 10.0. The van der Waals surface area contributed by atoms with Crippen molar-refractivity contribution in [2.24, 2.45) is 5.73 Å². The topological polar surface area (TPSA) is 35.2 Å². The molecule has 1 saturated carbocycles. The van der Waals surface area contributed by atoms with Gasteiger partial charge in [-0.15, -0.1) is 0 Å². The van der Waals surface area contributed by atoms with Crippen molar-refractivity contribution in [3.63, 3.8) is 0 Å². The fourth-order valence-electron chi connectivity index (χ4n) is 1.54. The Kier molecular flexibility index (Phi) is 1.77. The molecule has 2 nitrogen and oxygen atoms in total. The largest absolute Gasteiger partial charge is 0.496 e. The van der Waals surface area contributed by atoms with Gasteiger partial charge in [0.15, 0.2) is 0 Å². The van der Waals surface area contributed by atoms with Gasteiger partial charge in [0, 0.05) is 11.1 Å². The summed E-state index contributed by atoms with van der Waals surface area (Å²) in [6, 6.07) is 4.79. The average Bonchev–Trinajstić information content (AvgIpc) is 2.84. The first kappa shape index (κ1) is 8.51. The molecule has 2 N–H and O–H groups in total. The van der Waals surface area contributed by atoms with Gasteiger partial charge in [0.2, 0.25) is 0 Å². The summed E-state index contributed by atoms with van der Waals surface area (Å²) in [5.74, 6) is 0.291. The number of nitrogens with two attached hydrogens (primary N) is 1. The summed E-state index contributed by atoms with van der Waals surface area (Å²) in [6.45, 7) is 0. The van der Waals surface area contributed by atoms with Crippen molar-refractivity contribution < 1.29 is 9.13 Å². The van der Waals surface area contributed by atoms with E-state index >= 15 is 0 Å². The van der Waals surface area contributed by atoms with E-state index in [2.05, 4.69) is 0 Å². The van der Waals surface area contributed by atoms with Crippen molar-refractivity contribution in [1.29, 1.82) is 0 Å². The molecule has 70 valence electrons. The molecule has 1 aliphatic carbocycles. The third kappa shape index (κ3) is 1.29. The summed E-state index contributed by atoms with van der Waals surface area (Å²) in [6.07, 6.45) is 1.68. The Labute approximate surface area is 76.5 Å². The first-order chi connectivity index (χ1) is 6.17. The Balaban J connectivity index is 2.52. The van der Waals surface area contributed by atoms with Gasteiger partial charge in [0.05, 0.1) is 7.11 Å². The van der Waals surface area contributed by atoms with E-state index in [1.807, 2.05) is 0 Å². The molecule has 13 heavy (non-hydrogen) atoms. The van der Waals surface area contributed by atoms with Gasteiger partial charge in [-0.05, 0) is 25.0 Å². The average molecular weight is 181 g/mol. The zero-order valence-corrected chi connectivity index (χ0v) is 7.51. The highest BCUT2D eigenvalue weighted by atomic mass is 19.1. The highest BCUT2D eigenvalue weighted by Crippen LogP contribution is 2.47. The number of methoxy groups -OCH3 is 1. The molecule has 0 radical (unpaired) electrons. The maximum Gasteiger partial charge on any atom is 0.131 e. The van der Waals surface area contributed by atoms with Crippen LogP contribution in [0, 0.1) is 5.82 Å². The van der Waals surface area contributed by atoms with Crippen LogP contribution in [0.4, 0.5) is 4.39 Å². The van der Waals surface area contributed by atoms with Crippen molar-refractivity contribution >= 4 is 0 Å². The molecule has 0 amide bonds. The summed E-state index contributed by atoms with van der Waals surface area (Å²) in [7, 11) is 1.53. The molecule has 1 fully saturated rings. The van der Waals surface area contributed by atoms with Crippen LogP contribution in [-0.4, -0.2) is 7.11 Å². The number of rotatable bonds is 2. The third-order valence-electron chi connectivity index (χ3n) is 2.48. The first-order valence-corrected chi connectivity index (χ1v) is 4.29. The second-order valence-corrected chi connectivity index (χ2v) is 3.47. The van der Waals surface area contributed by atoms with E-state index < -0.39 is 5.54 Å². The van der Waals surface area contributed by atoms with Crippen LogP contribution >= 0.6 is 0 Å². The van der Waals surface area contributed by atoms with E-state index in [4.69, 9.17) is 10.5 Å². The third-order valence-corrected chi connectivity index (χ3v) is 2.48. The van der Waals surface area contributed by atoms with E-state index in [-0.39, 0.29) is 5.82 Å². The fraction of sp³-hybridized carbons (Fsp3) is 0.400. The molecule has 2 rings (SSSR count). The van der Waals surface area contributed by atoms with Crippen molar-refractivity contribution in [3.8, 4) is 5.75 Å². The van der Waals surface area contributed by atoms with E-state index in [0.29, 0.717) is 11.3 Å². The molecule has 0 spiro atoms. The van der Waals surface area contributed by atoms with Crippen LogP contribution in [0.25, 0.3) is 0 Å². The first-order valence-electron chi connectivity index (χ1n) is 4.29. The van der Waals surface area contributed by atoms with Gasteiger partial charge in [-0.1, -0.05) is 6.07 Å². The summed E-state index contributed by atoms with van der Waals surface area (Å²) in [5, 5.41) is 0. The second kappa shape index (κ2) is 2.70. The predicted octanol–water partition coefficient (Wildman–Crippen LogP) is 1.78. The molecular weight excluding hydrogens is 169 g/mol. The van der Waals surface area contributed by atoms with Crippen molar-refractivity contribution in [2.45, 2.75) is 18.4 Å². The van der Waals surface area contributed by atoms with Crippen molar-refractivity contribution in [1.82, 2.24) is 0 Å². The number of hydrogen-bond acceptors (Lipinski definition) is 2. The molecule has 1 aromatic rings. The molecule has 0 bridgehead atoms. The Hall–Kier alpha value is -1.09. The van der Waals surface area contributed by atoms with Gasteiger partial charge in [0.1, 0.15) is 11.6 Å². The monoisotopic (exact) mass is 181 g/mol. The van der Waals surface area contributed by atoms with E-state index in [1.54, 1.807) is 12.1 Å². The molecule has 1 aliphatic rings. The number of benzene rings is 1. The van der Waals surface area contributed by atoms with Gasteiger partial charge >= 0.3 is 0 Å². The van der Waals surface area contributed by atoms with Crippen LogP contribution in [0.5, 0.6) is 5.75 Å². The predicted molar refractivity (Wildman–Crippen MR) is 48.1 cm³/mol. The zero-order chi connectivity index (χ0) is 9.47. The molecule has 0 saturated heterocycles. The number of halogens is 1. The van der Waals surface area contributed by atoms with E-state index in [1.165, 1.54) is 13.2 Å². The van der Waals surface area contributed by atoms with Crippen LogP contribution in [0.3, 0.4) is 0 Å². The standard InChI is InChI=1S/C10H12FNO/c1-13-8-4-2-3-7(11)9(8)10(12)5-6-10/h2-4H,5-6,12H2,1H3.